The third-order valence-electron chi connectivity index (χ3n) is 21.4. The van der Waals surface area contributed by atoms with Crippen molar-refractivity contribution in [3.63, 3.8) is 0 Å². The summed E-state index contributed by atoms with van der Waals surface area (Å²) in [7, 11) is -10.1. The lowest BCUT2D eigenvalue weighted by molar-refractivity contribution is -0.160. The summed E-state index contributed by atoms with van der Waals surface area (Å²) in [6, 6.07) is 0. The molecule has 94 heavy (non-hydrogen) atoms. The molecule has 510 valence electrons. The van der Waals surface area contributed by atoms with Crippen molar-refractivity contribution < 1.29 is 75.4 Å². The van der Waals surface area contributed by atoms with E-state index in [1.165, 1.54) is 102 Å². The number of anilines is 3. The van der Waals surface area contributed by atoms with Crippen molar-refractivity contribution in [3.05, 3.63) is 49.6 Å². The van der Waals surface area contributed by atoms with Crippen LogP contribution in [0.1, 0.15) is 156 Å². The van der Waals surface area contributed by atoms with E-state index >= 15 is 0 Å². The summed E-state index contributed by atoms with van der Waals surface area (Å²) in [5, 5.41) is 10.00. The van der Waals surface area contributed by atoms with Crippen LogP contribution in [0.4, 0.5) is 17.5 Å². The van der Waals surface area contributed by atoms with E-state index in [1.54, 1.807) is 0 Å². The number of fused-ring (bicyclic) bond motifs is 8. The molecule has 3 saturated heterocycles. The molecule has 0 spiro atoms. The number of rotatable bonds is 24. The lowest BCUT2D eigenvalue weighted by Gasteiger charge is -2.58. The zero-order valence-corrected chi connectivity index (χ0v) is 55.1. The van der Waals surface area contributed by atoms with Crippen molar-refractivity contribution in [2.75, 3.05) is 37.0 Å². The molecule has 6 fully saturated rings. The number of aliphatic hydroxyl groups is 1. The number of allylic oxidation sites excluding steroid dienone is 1. The summed E-state index contributed by atoms with van der Waals surface area (Å²) in [5.74, 6) is 3.32. The first-order valence-electron chi connectivity index (χ1n) is 32.7. The predicted molar refractivity (Wildman–Crippen MR) is 335 cm³/mol. The Hall–Kier alpha value is -6.21. The van der Waals surface area contributed by atoms with Crippen LogP contribution in [0.15, 0.2) is 49.6 Å². The number of nitrogens with two attached hydrogens (primary N) is 3. The molecule has 0 amide bonds. The highest BCUT2D eigenvalue weighted by Gasteiger charge is 2.59. The molecule has 33 heteroatoms. The zero-order chi connectivity index (χ0) is 66.0. The van der Waals surface area contributed by atoms with Gasteiger partial charge < -0.3 is 55.8 Å². The normalized spacial score (nSPS) is 33.3. The molecule has 9 heterocycles. The van der Waals surface area contributed by atoms with E-state index in [-0.39, 0.29) is 94.6 Å². The Morgan fingerprint density at radius 2 is 1.14 bits per heavy atom. The molecule has 3 unspecified atom stereocenters. The second-order valence-corrected chi connectivity index (χ2v) is 30.4. The molecule has 0 aromatic carbocycles. The van der Waals surface area contributed by atoms with Gasteiger partial charge in [-0.1, -0.05) is 65.5 Å². The highest BCUT2D eigenvalue weighted by Crippen LogP contribution is 2.68. The molecule has 0 bridgehead atoms. The van der Waals surface area contributed by atoms with Crippen molar-refractivity contribution in [2.24, 2.45) is 46.3 Å². The number of hydrogen-bond donors (Lipinski definition) is 6. The number of aromatic nitrogens is 12. The fraction of sp³-hybridized carbons (Fsp3) is 0.689. The Morgan fingerprint density at radius 3 is 1.67 bits per heavy atom. The Kier molecular flexibility index (Phi) is 18.8. The topological polar surface area (TPSA) is 421 Å². The number of phosphoric ester groups is 2. The van der Waals surface area contributed by atoms with E-state index in [0.29, 0.717) is 23.7 Å². The van der Waals surface area contributed by atoms with Gasteiger partial charge in [-0.25, -0.2) is 54.0 Å². The van der Waals surface area contributed by atoms with Crippen molar-refractivity contribution in [1.82, 2.24) is 58.6 Å². The van der Waals surface area contributed by atoms with E-state index in [1.807, 2.05) is 0 Å². The standard InChI is InChI=1S/C61H85N15O16P2/c1-32(2)7-6-8-33(3)40-11-12-41-39-10-9-34-19-35(15-17-60(34,4)42(39)16-18-61(40,41)5)86-46(78)13-14-47(79)90-43-21-37(88-57(43)74-29-71-48-51(62)65-26-68-54(48)74)24-84-94(82,83)92-45-22-38(89-59(45)76-31-73-50-53(64)67-28-70-56(50)76)25-85-93(80,81)91-44-20-36(23-77)87-58(44)75-30-72-49-52(63)66-27-69-55(49)75/h9,26-33,35-45,57-59,77H,6-8,10-25H2,1-5H3,(H,80,81)(H,82,83)(H2,62,65,68)(H2,63,66,69)(H2,64,67,70)/t33-,35?,36+,37+,38+,39+,40-,41+,42+,43-,44-,45-,57-,58-,59-,60+,61-/m1/s1. The number of esters is 2. The molecule has 6 aromatic heterocycles. The van der Waals surface area contributed by atoms with Crippen molar-refractivity contribution in [1.29, 1.82) is 0 Å². The Labute approximate surface area is 542 Å². The van der Waals surface area contributed by atoms with E-state index in [0.717, 1.165) is 42.9 Å². The molecule has 9 N–H and O–H groups in total. The SMILES string of the molecule is CC(C)CCC[C@@H](C)[C@H]1CC[C@H]2[C@@H]3CC=C4CC(OC(=O)CCC(=O)O[C@@H]5C[C@@H](COP(=O)(O)O[C@@H]6C[C@@H](COP(=O)(O)O[C@@H]7C[C@@H](CO)O[C@H]7n7cnc8c(N)ncnc87)O[C@H]6n6cnc7c(N)ncnc76)O[C@H]5n5cnc6c(N)ncnc65)CC[C@]4(C)[C@H]3CC[C@]12C. The minimum absolute atomic E-state index is 0.0305. The van der Waals surface area contributed by atoms with Gasteiger partial charge in [-0.05, 0) is 91.3 Å². The average molecular weight is 1350 g/mol. The van der Waals surface area contributed by atoms with Gasteiger partial charge in [-0.3, -0.25) is 41.4 Å². The summed E-state index contributed by atoms with van der Waals surface area (Å²) in [5.41, 5.74) is 21.5. The third-order valence-corrected chi connectivity index (χ3v) is 23.4. The molecule has 0 radical (unpaired) electrons. The molecule has 3 saturated carbocycles. The number of nitrogen functional groups attached to an aromatic ring is 3. The number of carbonyl (C=O) groups is 2. The van der Waals surface area contributed by atoms with Gasteiger partial charge in [0.25, 0.3) is 0 Å². The fourth-order valence-corrected chi connectivity index (χ4v) is 18.8. The molecular formula is C61H85N15O16P2. The quantitative estimate of drug-likeness (QED) is 0.0191. The average Bonchev–Trinajstić information content (AvgIpc) is 1.39. The Bertz CT molecular complexity index is 3890. The van der Waals surface area contributed by atoms with Crippen molar-refractivity contribution in [3.8, 4) is 0 Å². The number of phosphoric acid groups is 2. The second kappa shape index (κ2) is 26.7. The van der Waals surface area contributed by atoms with Crippen molar-refractivity contribution >= 4 is 78.5 Å². The van der Waals surface area contributed by atoms with Gasteiger partial charge in [0.15, 0.2) is 53.1 Å². The first kappa shape index (κ1) is 66.4. The van der Waals surface area contributed by atoms with E-state index in [4.69, 9.17) is 59.0 Å². The summed E-state index contributed by atoms with van der Waals surface area (Å²) < 4.78 is 85.7. The van der Waals surface area contributed by atoms with Gasteiger partial charge in [0.1, 0.15) is 59.9 Å². The molecule has 31 nitrogen and oxygen atoms in total. The van der Waals surface area contributed by atoms with E-state index in [2.05, 4.69) is 85.6 Å². The molecule has 19 atom stereocenters. The number of hydrogen-bond acceptors (Lipinski definition) is 26. The molecule has 6 aromatic rings. The van der Waals surface area contributed by atoms with Gasteiger partial charge in [-0.2, -0.15) is 0 Å². The van der Waals surface area contributed by atoms with Crippen LogP contribution in [0, 0.1) is 46.3 Å². The van der Waals surface area contributed by atoms with Gasteiger partial charge in [0, 0.05) is 25.7 Å². The minimum Gasteiger partial charge on any atom is -0.462 e. The lowest BCUT2D eigenvalue weighted by atomic mass is 9.47. The molecule has 7 aliphatic rings. The third kappa shape index (κ3) is 13.2. The van der Waals surface area contributed by atoms with Gasteiger partial charge in [0.2, 0.25) is 0 Å². The highest BCUT2D eigenvalue weighted by molar-refractivity contribution is 7.47. The Balaban J connectivity index is 0.632. The summed E-state index contributed by atoms with van der Waals surface area (Å²) >= 11 is 0. The highest BCUT2D eigenvalue weighted by atomic mass is 31.2. The fourth-order valence-electron chi connectivity index (χ4n) is 16.9. The maximum atomic E-state index is 14.1. The number of aliphatic hydroxyl groups excluding tert-OH is 1. The summed E-state index contributed by atoms with van der Waals surface area (Å²) in [6.45, 7) is 10.6. The number of carbonyl (C=O) groups excluding carboxylic acids is 2. The van der Waals surface area contributed by atoms with Crippen LogP contribution < -0.4 is 17.2 Å². The summed E-state index contributed by atoms with van der Waals surface area (Å²) in [6.07, 6.45) is 11.7. The monoisotopic (exact) mass is 1350 g/mol. The summed E-state index contributed by atoms with van der Waals surface area (Å²) in [4.78, 5) is 87.8. The number of nitrogens with zero attached hydrogens (tertiary/aromatic N) is 12. The molecule has 3 aliphatic heterocycles. The largest absolute Gasteiger partial charge is 0.472 e. The lowest BCUT2D eigenvalue weighted by Crippen LogP contribution is -2.51. The smallest absolute Gasteiger partial charge is 0.462 e. The van der Waals surface area contributed by atoms with Crippen LogP contribution >= 0.6 is 15.6 Å². The van der Waals surface area contributed by atoms with Crippen LogP contribution in [0.3, 0.4) is 0 Å². The van der Waals surface area contributed by atoms with E-state index < -0.39 is 103 Å². The minimum atomic E-state index is -5.11. The van der Waals surface area contributed by atoms with Crippen LogP contribution in [0.5, 0.6) is 0 Å². The van der Waals surface area contributed by atoms with Gasteiger partial charge in [-0.15, -0.1) is 0 Å². The maximum absolute atomic E-state index is 14.1. The first-order chi connectivity index (χ1) is 45.0. The molecular weight excluding hydrogens is 1260 g/mol. The van der Waals surface area contributed by atoms with Crippen LogP contribution in [0.25, 0.3) is 33.5 Å². The zero-order valence-electron chi connectivity index (χ0n) is 53.4. The van der Waals surface area contributed by atoms with Crippen molar-refractivity contribution in [2.45, 2.75) is 199 Å². The second-order valence-electron chi connectivity index (χ2n) is 27.6. The maximum Gasteiger partial charge on any atom is 0.472 e. The van der Waals surface area contributed by atoms with Crippen LogP contribution in [0.2, 0.25) is 0 Å². The number of imidazole rings is 3. The first-order valence-corrected chi connectivity index (χ1v) is 35.7. The van der Waals surface area contributed by atoms with Crippen LogP contribution in [-0.2, 0) is 60.5 Å². The van der Waals surface area contributed by atoms with Gasteiger partial charge in [0.05, 0.1) is 70.0 Å². The number of ether oxygens (including phenoxy) is 5. The predicted octanol–water partition coefficient (Wildman–Crippen LogP) is 7.76. The molecule has 4 aliphatic carbocycles. The van der Waals surface area contributed by atoms with E-state index in [9.17, 15) is 33.6 Å². The van der Waals surface area contributed by atoms with Crippen LogP contribution in [-0.4, -0.2) is 148 Å². The molecule has 13 rings (SSSR count). The Morgan fingerprint density at radius 1 is 0.638 bits per heavy atom. The van der Waals surface area contributed by atoms with Gasteiger partial charge >= 0.3 is 27.6 Å².